The van der Waals surface area contributed by atoms with Crippen molar-refractivity contribution >= 4 is 5.91 Å². The lowest BCUT2D eigenvalue weighted by Crippen LogP contribution is -2.73. The molecule has 3 heterocycles. The zero-order valence-corrected chi connectivity index (χ0v) is 16.1. The number of aromatic nitrogens is 2. The van der Waals surface area contributed by atoms with Crippen LogP contribution in [0.1, 0.15) is 49.1 Å². The summed E-state index contributed by atoms with van der Waals surface area (Å²) in [6, 6.07) is 1.75. The maximum Gasteiger partial charge on any atom is 0.291 e. The molecule has 6 nitrogen and oxygen atoms in total. The molecule has 4 fully saturated rings. The number of amides is 1. The third-order valence-corrected chi connectivity index (χ3v) is 6.74. The fraction of sp³-hybridized carbons (Fsp3) is 0.762. The molecule has 6 heteroatoms. The molecule has 1 aromatic rings. The van der Waals surface area contributed by atoms with Crippen molar-refractivity contribution in [2.75, 3.05) is 39.4 Å². The van der Waals surface area contributed by atoms with Crippen LogP contribution in [0.15, 0.2) is 18.5 Å². The summed E-state index contributed by atoms with van der Waals surface area (Å²) in [5.74, 6) is 2.63. The maximum atomic E-state index is 12.7. The Morgan fingerprint density at radius 2 is 1.74 bits per heavy atom. The van der Waals surface area contributed by atoms with Crippen molar-refractivity contribution in [1.29, 1.82) is 0 Å². The Hall–Kier alpha value is -1.53. The number of ether oxygens (including phenoxy) is 1. The summed E-state index contributed by atoms with van der Waals surface area (Å²) < 4.78 is 6.01. The van der Waals surface area contributed by atoms with Crippen molar-refractivity contribution in [3.05, 3.63) is 24.3 Å². The predicted molar refractivity (Wildman–Crippen MR) is 101 cm³/mol. The first-order chi connectivity index (χ1) is 13.2. The second-order valence-electron chi connectivity index (χ2n) is 9.19. The molecule has 2 aliphatic heterocycles. The number of piperidine rings is 1. The van der Waals surface area contributed by atoms with Gasteiger partial charge in [-0.25, -0.2) is 9.97 Å². The SMILES string of the molecule is O=C(c1ncccn1)N1CC2(C[C@@H](COCC3CC3)CCN2CC2CC2)C1. The number of likely N-dealkylation sites (tertiary alicyclic amines) is 2. The Labute approximate surface area is 161 Å². The maximum absolute atomic E-state index is 12.7. The van der Waals surface area contributed by atoms with Gasteiger partial charge in [-0.1, -0.05) is 0 Å². The van der Waals surface area contributed by atoms with Crippen LogP contribution in [0, 0.1) is 17.8 Å². The van der Waals surface area contributed by atoms with E-state index in [1.54, 1.807) is 18.5 Å². The first kappa shape index (κ1) is 17.6. The van der Waals surface area contributed by atoms with Gasteiger partial charge in [-0.05, 0) is 68.9 Å². The largest absolute Gasteiger partial charge is 0.381 e. The molecule has 0 N–H and O–H groups in total. The fourth-order valence-electron chi connectivity index (χ4n) is 4.76. The van der Waals surface area contributed by atoms with E-state index in [9.17, 15) is 4.79 Å². The summed E-state index contributed by atoms with van der Waals surface area (Å²) >= 11 is 0. The summed E-state index contributed by atoms with van der Waals surface area (Å²) in [6.07, 6.45) is 11.1. The smallest absolute Gasteiger partial charge is 0.291 e. The number of carbonyl (C=O) groups is 1. The number of nitrogens with zero attached hydrogens (tertiary/aromatic N) is 4. The molecule has 0 bridgehead atoms. The molecule has 0 unspecified atom stereocenters. The average molecular weight is 370 g/mol. The summed E-state index contributed by atoms with van der Waals surface area (Å²) in [5, 5.41) is 0. The molecular weight excluding hydrogens is 340 g/mol. The molecule has 0 aromatic carbocycles. The zero-order chi connectivity index (χ0) is 18.3. The van der Waals surface area contributed by atoms with Gasteiger partial charge in [0.2, 0.25) is 5.82 Å². The first-order valence-electron chi connectivity index (χ1n) is 10.6. The second kappa shape index (κ2) is 7.13. The van der Waals surface area contributed by atoms with Gasteiger partial charge >= 0.3 is 0 Å². The number of hydrogen-bond acceptors (Lipinski definition) is 5. The highest BCUT2D eigenvalue weighted by atomic mass is 16.5. The lowest BCUT2D eigenvalue weighted by molar-refractivity contribution is -0.0898. The highest BCUT2D eigenvalue weighted by Crippen LogP contribution is 2.42. The van der Waals surface area contributed by atoms with Crippen LogP contribution in [-0.4, -0.2) is 70.6 Å². The lowest BCUT2D eigenvalue weighted by atomic mass is 9.74. The Morgan fingerprint density at radius 3 is 2.44 bits per heavy atom. The molecule has 5 rings (SSSR count). The van der Waals surface area contributed by atoms with Gasteiger partial charge in [0.25, 0.3) is 5.91 Å². The van der Waals surface area contributed by atoms with Crippen LogP contribution in [0.5, 0.6) is 0 Å². The van der Waals surface area contributed by atoms with Crippen LogP contribution in [-0.2, 0) is 4.74 Å². The van der Waals surface area contributed by atoms with Crippen LogP contribution >= 0.6 is 0 Å². The van der Waals surface area contributed by atoms with E-state index in [0.29, 0.717) is 11.7 Å². The van der Waals surface area contributed by atoms with Crippen LogP contribution in [0.2, 0.25) is 0 Å². The molecule has 1 amide bonds. The van der Waals surface area contributed by atoms with E-state index >= 15 is 0 Å². The van der Waals surface area contributed by atoms with Gasteiger partial charge in [0, 0.05) is 45.2 Å². The van der Waals surface area contributed by atoms with E-state index in [0.717, 1.165) is 51.1 Å². The van der Waals surface area contributed by atoms with E-state index in [1.807, 2.05) is 4.90 Å². The number of rotatable bonds is 7. The van der Waals surface area contributed by atoms with E-state index in [1.165, 1.54) is 38.6 Å². The van der Waals surface area contributed by atoms with E-state index in [-0.39, 0.29) is 11.4 Å². The topological polar surface area (TPSA) is 58.6 Å². The van der Waals surface area contributed by atoms with Crippen molar-refractivity contribution in [3.8, 4) is 0 Å². The number of carbonyl (C=O) groups excluding carboxylic acids is 1. The molecular formula is C21H30N4O2. The van der Waals surface area contributed by atoms with Crippen molar-refractivity contribution < 1.29 is 9.53 Å². The van der Waals surface area contributed by atoms with E-state index in [2.05, 4.69) is 14.9 Å². The molecule has 1 atom stereocenters. The molecule has 1 aromatic heterocycles. The van der Waals surface area contributed by atoms with Crippen molar-refractivity contribution in [2.45, 2.75) is 44.1 Å². The second-order valence-corrected chi connectivity index (χ2v) is 9.19. The minimum Gasteiger partial charge on any atom is -0.381 e. The third kappa shape index (κ3) is 3.87. The van der Waals surface area contributed by atoms with Gasteiger partial charge in [0.15, 0.2) is 0 Å². The molecule has 4 aliphatic rings. The summed E-state index contributed by atoms with van der Waals surface area (Å²) in [6.45, 7) is 5.83. The van der Waals surface area contributed by atoms with Crippen LogP contribution in [0.3, 0.4) is 0 Å². The standard InChI is InChI=1S/C21H30N4O2/c26-20(19-22-7-1-8-23-19)24-14-21(15-24)10-18(13-27-12-17-4-5-17)6-9-25(21)11-16-2-3-16/h1,7-8,16-18H,2-6,9-15H2/t18-/m0/s1. The van der Waals surface area contributed by atoms with Crippen LogP contribution in [0.25, 0.3) is 0 Å². The number of hydrogen-bond donors (Lipinski definition) is 0. The van der Waals surface area contributed by atoms with Crippen LogP contribution < -0.4 is 0 Å². The fourth-order valence-corrected chi connectivity index (χ4v) is 4.76. The molecule has 27 heavy (non-hydrogen) atoms. The minimum atomic E-state index is -0.0281. The molecule has 146 valence electrons. The summed E-state index contributed by atoms with van der Waals surface area (Å²) in [5.41, 5.74) is 0.152. The molecule has 2 aliphatic carbocycles. The third-order valence-electron chi connectivity index (χ3n) is 6.74. The van der Waals surface area contributed by atoms with Gasteiger partial charge in [-0.15, -0.1) is 0 Å². The molecule has 2 saturated heterocycles. The average Bonchev–Trinajstić information content (AvgIpc) is 3.57. The molecule has 2 saturated carbocycles. The summed E-state index contributed by atoms with van der Waals surface area (Å²) in [7, 11) is 0. The summed E-state index contributed by atoms with van der Waals surface area (Å²) in [4.78, 5) is 25.6. The monoisotopic (exact) mass is 370 g/mol. The molecule has 0 radical (unpaired) electrons. The van der Waals surface area contributed by atoms with Crippen molar-refractivity contribution in [1.82, 2.24) is 19.8 Å². The zero-order valence-electron chi connectivity index (χ0n) is 16.1. The van der Waals surface area contributed by atoms with E-state index < -0.39 is 0 Å². The Kier molecular flexibility index (Phi) is 4.64. The van der Waals surface area contributed by atoms with Gasteiger partial charge in [0.05, 0.1) is 5.54 Å². The minimum absolute atomic E-state index is 0.0281. The quantitative estimate of drug-likeness (QED) is 0.737. The highest BCUT2D eigenvalue weighted by molar-refractivity contribution is 5.91. The highest BCUT2D eigenvalue weighted by Gasteiger charge is 2.53. The van der Waals surface area contributed by atoms with Gasteiger partial charge < -0.3 is 9.64 Å². The van der Waals surface area contributed by atoms with Crippen molar-refractivity contribution in [2.24, 2.45) is 17.8 Å². The Bertz CT molecular complexity index is 668. The Balaban J connectivity index is 1.21. The van der Waals surface area contributed by atoms with Gasteiger partial charge in [-0.3, -0.25) is 9.69 Å². The van der Waals surface area contributed by atoms with Crippen molar-refractivity contribution in [3.63, 3.8) is 0 Å². The first-order valence-corrected chi connectivity index (χ1v) is 10.6. The molecule has 1 spiro atoms. The van der Waals surface area contributed by atoms with Gasteiger partial charge in [0.1, 0.15) is 0 Å². The Morgan fingerprint density at radius 1 is 1.04 bits per heavy atom. The van der Waals surface area contributed by atoms with E-state index in [4.69, 9.17) is 4.74 Å². The van der Waals surface area contributed by atoms with Crippen LogP contribution in [0.4, 0.5) is 0 Å². The normalized spacial score (nSPS) is 27.6. The predicted octanol–water partition coefficient (Wildman–Crippen LogP) is 2.22. The van der Waals surface area contributed by atoms with Gasteiger partial charge in [-0.2, -0.15) is 0 Å². The lowest BCUT2D eigenvalue weighted by Gasteiger charge is -2.59.